The molecule has 21 heavy (non-hydrogen) atoms. The molecule has 0 bridgehead atoms. The first-order chi connectivity index (χ1) is 9.84. The van der Waals surface area contributed by atoms with Gasteiger partial charge in [-0.3, -0.25) is 4.90 Å². The summed E-state index contributed by atoms with van der Waals surface area (Å²) < 4.78 is 37.7. The maximum atomic E-state index is 12.6. The summed E-state index contributed by atoms with van der Waals surface area (Å²) in [6.45, 7) is 6.02. The van der Waals surface area contributed by atoms with Crippen LogP contribution in [0.3, 0.4) is 0 Å². The molecule has 0 aliphatic carbocycles. The Morgan fingerprint density at radius 1 is 1.19 bits per heavy atom. The van der Waals surface area contributed by atoms with E-state index in [1.807, 2.05) is 20.8 Å². The third kappa shape index (κ3) is 7.27. The van der Waals surface area contributed by atoms with Gasteiger partial charge in [-0.2, -0.15) is 13.2 Å². The highest BCUT2D eigenvalue weighted by Crippen LogP contribution is 2.18. The molecule has 0 amide bonds. The van der Waals surface area contributed by atoms with Gasteiger partial charge in [0, 0.05) is 18.3 Å². The number of anilines is 1. The Bertz CT molecular complexity index is 435. The smallest absolute Gasteiger partial charge is 0.370 e. The van der Waals surface area contributed by atoms with E-state index in [0.717, 1.165) is 18.7 Å². The third-order valence-electron chi connectivity index (χ3n) is 2.76. The van der Waals surface area contributed by atoms with Gasteiger partial charge in [-0.05, 0) is 26.3 Å². The van der Waals surface area contributed by atoms with Crippen molar-refractivity contribution in [2.75, 3.05) is 25.0 Å². The molecule has 1 heterocycles. The Kier molecular flexibility index (Phi) is 6.87. The number of aromatic nitrogens is 2. The van der Waals surface area contributed by atoms with Gasteiger partial charge in [0.2, 0.25) is 0 Å². The second-order valence-electron chi connectivity index (χ2n) is 5.06. The summed E-state index contributed by atoms with van der Waals surface area (Å²) >= 11 is 0. The molecule has 0 radical (unpaired) electrons. The molecule has 1 aromatic rings. The minimum Gasteiger partial charge on any atom is -0.370 e. The molecule has 0 aliphatic heterocycles. The normalized spacial score (nSPS) is 12.0. The average Bonchev–Trinajstić information content (AvgIpc) is 2.34. The first-order valence-electron chi connectivity index (χ1n) is 7.21. The lowest BCUT2D eigenvalue weighted by molar-refractivity contribution is -0.147. The summed E-state index contributed by atoms with van der Waals surface area (Å²) in [5, 5.41) is 3.14. The van der Waals surface area contributed by atoms with Crippen molar-refractivity contribution in [1.29, 1.82) is 0 Å². The molecule has 0 aromatic carbocycles. The Balaban J connectivity index is 2.79. The van der Waals surface area contributed by atoms with Crippen LogP contribution in [0.1, 0.15) is 38.2 Å². The Morgan fingerprint density at radius 3 is 2.48 bits per heavy atom. The topological polar surface area (TPSA) is 41.1 Å². The highest BCUT2D eigenvalue weighted by atomic mass is 19.4. The maximum absolute atomic E-state index is 12.6. The number of rotatable bonds is 8. The van der Waals surface area contributed by atoms with Gasteiger partial charge >= 0.3 is 6.18 Å². The van der Waals surface area contributed by atoms with Crippen molar-refractivity contribution in [2.45, 2.75) is 46.3 Å². The molecule has 0 atom stereocenters. The number of alkyl halides is 3. The van der Waals surface area contributed by atoms with E-state index in [4.69, 9.17) is 0 Å². The lowest BCUT2D eigenvalue weighted by atomic mass is 10.3. The van der Waals surface area contributed by atoms with Gasteiger partial charge in [-0.1, -0.05) is 13.8 Å². The van der Waals surface area contributed by atoms with Crippen molar-refractivity contribution in [3.8, 4) is 0 Å². The van der Waals surface area contributed by atoms with Crippen molar-refractivity contribution < 1.29 is 13.2 Å². The maximum Gasteiger partial charge on any atom is 0.401 e. The zero-order valence-corrected chi connectivity index (χ0v) is 12.8. The van der Waals surface area contributed by atoms with Crippen LogP contribution < -0.4 is 5.32 Å². The molecule has 1 N–H and O–H groups in total. The monoisotopic (exact) mass is 304 g/mol. The molecule has 7 heteroatoms. The number of halogens is 3. The van der Waals surface area contributed by atoms with Crippen molar-refractivity contribution >= 4 is 5.82 Å². The Hall–Kier alpha value is -1.37. The summed E-state index contributed by atoms with van der Waals surface area (Å²) in [6.07, 6.45) is -2.60. The third-order valence-corrected chi connectivity index (χ3v) is 2.76. The van der Waals surface area contributed by atoms with Crippen LogP contribution in [0.2, 0.25) is 0 Å². The largest absolute Gasteiger partial charge is 0.401 e. The fourth-order valence-corrected chi connectivity index (χ4v) is 2.03. The fourth-order valence-electron chi connectivity index (χ4n) is 2.03. The van der Waals surface area contributed by atoms with Crippen LogP contribution in [0.4, 0.5) is 19.0 Å². The molecule has 0 spiro atoms. The van der Waals surface area contributed by atoms with Crippen molar-refractivity contribution in [3.05, 3.63) is 17.6 Å². The molecular weight excluding hydrogens is 281 g/mol. The van der Waals surface area contributed by atoms with Gasteiger partial charge in [-0.25, -0.2) is 9.97 Å². The summed E-state index contributed by atoms with van der Waals surface area (Å²) in [5.41, 5.74) is 0.752. The second-order valence-corrected chi connectivity index (χ2v) is 5.06. The van der Waals surface area contributed by atoms with E-state index < -0.39 is 12.7 Å². The van der Waals surface area contributed by atoms with Crippen molar-refractivity contribution in [2.24, 2.45) is 0 Å². The zero-order chi connectivity index (χ0) is 15.9. The first-order valence-corrected chi connectivity index (χ1v) is 7.21. The van der Waals surface area contributed by atoms with E-state index in [1.165, 1.54) is 4.90 Å². The van der Waals surface area contributed by atoms with E-state index >= 15 is 0 Å². The predicted molar refractivity (Wildman–Crippen MR) is 77.2 cm³/mol. The lowest BCUT2D eigenvalue weighted by Crippen LogP contribution is -2.35. The number of aryl methyl sites for hydroxylation is 1. The highest BCUT2D eigenvalue weighted by molar-refractivity contribution is 5.35. The predicted octanol–water partition coefficient (Wildman–Crippen LogP) is 3.38. The summed E-state index contributed by atoms with van der Waals surface area (Å²) in [7, 11) is 0. The second kappa shape index (κ2) is 8.17. The molecule has 1 aromatic heterocycles. The average molecular weight is 304 g/mol. The minimum atomic E-state index is -4.21. The number of nitrogens with one attached hydrogen (secondary N) is 1. The SMILES string of the molecule is CCCNc1cc(C)nc(CN(CCC)CC(F)(F)F)n1. The molecule has 4 nitrogen and oxygen atoms in total. The van der Waals surface area contributed by atoms with Gasteiger partial charge in [0.15, 0.2) is 0 Å². The van der Waals surface area contributed by atoms with Crippen molar-refractivity contribution in [3.63, 3.8) is 0 Å². The van der Waals surface area contributed by atoms with Crippen LogP contribution in [-0.4, -0.2) is 40.7 Å². The van der Waals surface area contributed by atoms with Crippen LogP contribution in [0.15, 0.2) is 6.07 Å². The van der Waals surface area contributed by atoms with Gasteiger partial charge in [0.1, 0.15) is 11.6 Å². The summed E-state index contributed by atoms with van der Waals surface area (Å²) in [5.74, 6) is 1.09. The van der Waals surface area contributed by atoms with E-state index in [-0.39, 0.29) is 6.54 Å². The molecule has 0 saturated carbocycles. The minimum absolute atomic E-state index is 0.107. The van der Waals surface area contributed by atoms with Crippen molar-refractivity contribution in [1.82, 2.24) is 14.9 Å². The van der Waals surface area contributed by atoms with E-state index in [2.05, 4.69) is 15.3 Å². The number of hydrogen-bond acceptors (Lipinski definition) is 4. The molecule has 1 rings (SSSR count). The highest BCUT2D eigenvalue weighted by Gasteiger charge is 2.30. The molecule has 0 saturated heterocycles. The van der Waals surface area contributed by atoms with Crippen LogP contribution in [0.5, 0.6) is 0 Å². The van der Waals surface area contributed by atoms with Crippen LogP contribution >= 0.6 is 0 Å². The van der Waals surface area contributed by atoms with Gasteiger partial charge in [0.05, 0.1) is 13.1 Å². The van der Waals surface area contributed by atoms with Crippen LogP contribution in [0.25, 0.3) is 0 Å². The summed E-state index contributed by atoms with van der Waals surface area (Å²) in [6, 6.07) is 1.80. The van der Waals surface area contributed by atoms with Gasteiger partial charge < -0.3 is 5.32 Å². The molecular formula is C14H23F3N4. The number of hydrogen-bond donors (Lipinski definition) is 1. The summed E-state index contributed by atoms with van der Waals surface area (Å²) in [4.78, 5) is 9.86. The van der Waals surface area contributed by atoms with Gasteiger partial charge in [0.25, 0.3) is 0 Å². The zero-order valence-electron chi connectivity index (χ0n) is 12.8. The number of nitrogens with zero attached hydrogens (tertiary/aromatic N) is 3. The van der Waals surface area contributed by atoms with Crippen LogP contribution in [0, 0.1) is 6.92 Å². The van der Waals surface area contributed by atoms with E-state index in [0.29, 0.717) is 24.6 Å². The van der Waals surface area contributed by atoms with E-state index in [1.54, 1.807) is 6.07 Å². The Morgan fingerprint density at radius 2 is 1.90 bits per heavy atom. The fraction of sp³-hybridized carbons (Fsp3) is 0.714. The lowest BCUT2D eigenvalue weighted by Gasteiger charge is -2.22. The first kappa shape index (κ1) is 17.7. The van der Waals surface area contributed by atoms with Gasteiger partial charge in [-0.15, -0.1) is 0 Å². The van der Waals surface area contributed by atoms with Crippen LogP contribution in [-0.2, 0) is 6.54 Å². The molecule has 0 fully saturated rings. The molecule has 0 unspecified atom stereocenters. The van der Waals surface area contributed by atoms with E-state index in [9.17, 15) is 13.2 Å². The molecule has 120 valence electrons. The Labute approximate surface area is 123 Å². The quantitative estimate of drug-likeness (QED) is 0.799. The molecule has 0 aliphatic rings. The standard InChI is InChI=1S/C14H23F3N4/c1-4-6-18-12-8-11(3)19-13(20-12)9-21(7-5-2)10-14(15,16)17/h8H,4-7,9-10H2,1-3H3,(H,18,19,20).